The van der Waals surface area contributed by atoms with Crippen LogP contribution in [0.1, 0.15) is 266 Å². The van der Waals surface area contributed by atoms with Crippen LogP contribution in [-0.4, -0.2) is 223 Å². The monoisotopic (exact) mass is 2180 g/mol. The maximum absolute atomic E-state index is 13.7. The molecule has 4 saturated carbocycles. The molecule has 8 atom stereocenters. The molecule has 0 bridgehead atoms. The molecule has 0 radical (unpaired) electrons. The largest absolute Gasteiger partial charge is 0.359 e. The molecular weight excluding hydrogens is 2030 g/mol. The van der Waals surface area contributed by atoms with Crippen molar-refractivity contribution < 1.29 is 57.5 Å². The molecule has 4 aromatic heterocycles. The minimum Gasteiger partial charge on any atom is -0.359 e. The maximum Gasteiger partial charge on any atom is 0.224 e. The molecule has 0 aliphatic heterocycles. The second-order valence-electron chi connectivity index (χ2n) is 42.1. The molecule has 5 amide bonds. The van der Waals surface area contributed by atoms with Crippen LogP contribution in [0, 0.1) is 47.3 Å². The van der Waals surface area contributed by atoms with Gasteiger partial charge in [-0.2, -0.15) is 0 Å². The van der Waals surface area contributed by atoms with Crippen molar-refractivity contribution in [3.8, 4) is 0 Å². The second-order valence-corrected chi connectivity index (χ2v) is 48.3. The van der Waals surface area contributed by atoms with Gasteiger partial charge in [0.15, 0.2) is 23.1 Å². The van der Waals surface area contributed by atoms with Gasteiger partial charge in [0.25, 0.3) is 0 Å². The molecule has 4 aliphatic rings. The standard InChI is InChI=1S/C30H42ClN3O3S.C29H40ClN3O3S.C28H39ClN4O3S.C28H38ClN3O3S/c1-5-9-24(35)16-22(17-29-32-26-13-12-23(31)18-28(26)38-29)30(37)33-25(21-10-7-6-8-11-21)14-15-27(36)20(2)19-34(3)4;1-5-23(34)15-21(16-28-31-25-12-11-22(30)17-27(25)37-28)29(36)32-24(20-9-7-6-8-10-20)13-14-26(35)19(2)18-33(3)4;1-18(17-33(3)4)24(34)13-12-22(19-8-6-5-7-9-19)32-28(36)20(14-26(35)30-2)15-27-31-23-11-10-21(29)16-25(23)37-27;1-18(17-32(3)4)25(34)13-12-23(20-8-6-5-7-9-20)31-28(35)21(14-19(2)33)15-27-30-24-11-10-22(29)16-26(24)36-27/h12-13,18,21-22,25H,2,5-11,14-17,19H2,1,3-4H3,(H,33,37);11-12,17,20-21,24H,2,5-10,13-16,18H2,1,3-4H3,(H,32,36);10-11,16,19-20,22H,1,5-9,12-15,17H2,2-4H3,(H,30,35)(H,32,36);10-11,16,20-21,23H,1,5-9,12-15,17H2,2-4H3,(H,31,35)/t22-,25+;21-,24+;20-,22+;21-,23+/m0000/s1. The van der Waals surface area contributed by atoms with Crippen LogP contribution < -0.4 is 26.6 Å². The minimum atomic E-state index is -0.554. The number of fused-ring (bicyclic) bond motifs is 4. The lowest BCUT2D eigenvalue weighted by atomic mass is 9.81. The number of ketones is 7. The molecule has 148 heavy (non-hydrogen) atoms. The Morgan fingerprint density at radius 2 is 0.581 bits per heavy atom. The normalized spacial score (nSPS) is 16.0. The molecule has 8 aromatic rings. The number of likely N-dealkylation sites (N-methyl/N-ethyl adjacent to an activating group) is 4. The van der Waals surface area contributed by atoms with Gasteiger partial charge in [0, 0.05) is 190 Å². The summed E-state index contributed by atoms with van der Waals surface area (Å²) in [6.45, 7) is 23.3. The van der Waals surface area contributed by atoms with Crippen molar-refractivity contribution in [3.63, 3.8) is 0 Å². The summed E-state index contributed by atoms with van der Waals surface area (Å²) in [4.78, 5) is 181. The lowest BCUT2D eigenvalue weighted by Crippen LogP contribution is -2.45. The third-order valence-electron chi connectivity index (χ3n) is 28.4. The highest BCUT2D eigenvalue weighted by molar-refractivity contribution is 7.19. The molecule has 808 valence electrons. The molecule has 4 fully saturated rings. The number of nitrogens with one attached hydrogen (secondary N) is 5. The van der Waals surface area contributed by atoms with Crippen molar-refractivity contribution in [1.82, 2.24) is 66.1 Å². The third-order valence-corrected chi connectivity index (χ3v) is 33.5. The number of hydrogen-bond donors (Lipinski definition) is 5. The van der Waals surface area contributed by atoms with Gasteiger partial charge >= 0.3 is 0 Å². The summed E-state index contributed by atoms with van der Waals surface area (Å²) in [6.07, 6.45) is 30.0. The lowest BCUT2D eigenvalue weighted by Gasteiger charge is -2.32. The topological polar surface area (TPSA) is 330 Å². The first kappa shape index (κ1) is 123. The van der Waals surface area contributed by atoms with E-state index in [4.69, 9.17) is 56.4 Å². The van der Waals surface area contributed by atoms with E-state index in [9.17, 15) is 57.5 Å². The highest BCUT2D eigenvalue weighted by atomic mass is 35.5. The summed E-state index contributed by atoms with van der Waals surface area (Å²) in [7, 11) is 16.9. The van der Waals surface area contributed by atoms with Gasteiger partial charge < -0.3 is 51.0 Å². The molecule has 33 heteroatoms. The molecule has 0 spiro atoms. The van der Waals surface area contributed by atoms with Gasteiger partial charge in [-0.15, -0.1) is 45.3 Å². The van der Waals surface area contributed by atoms with Crippen molar-refractivity contribution in [2.24, 2.45) is 47.3 Å². The lowest BCUT2D eigenvalue weighted by molar-refractivity contribution is -0.131. The van der Waals surface area contributed by atoms with Crippen molar-refractivity contribution in [2.45, 2.75) is 295 Å². The fourth-order valence-corrected chi connectivity index (χ4v) is 25.8. The van der Waals surface area contributed by atoms with Crippen molar-refractivity contribution >= 4 is 203 Å². The number of thiazole rings is 4. The SMILES string of the molecule is C=C(CN(C)C)C(=O)CC[C@@H](NC(=O)[C@@H](CC(=O)CC)Cc1nc2ccc(Cl)cc2s1)C1CCCCC1.C=C(CN(C)C)C(=O)CC[C@@H](NC(=O)[C@@H](CC(=O)CCC)Cc1nc2ccc(Cl)cc2s1)C1CCCCC1.C=C(CN(C)C)C(=O)CC[C@@H](NC(=O)[C@@H](CC(=O)NC)Cc1nc2ccc(Cl)cc2s1)C1CCCCC1.C=C(CN(C)C)C(=O)CC[C@@H](NC(=O)[C@@H](CC(C)=O)Cc1nc2ccc(Cl)cc2s1)C1CCCCC1. The molecule has 0 unspecified atom stereocenters. The van der Waals surface area contributed by atoms with Gasteiger partial charge in [-0.3, -0.25) is 52.7 Å². The average molecular weight is 2190 g/mol. The summed E-state index contributed by atoms with van der Waals surface area (Å²) < 4.78 is 3.87. The zero-order valence-corrected chi connectivity index (χ0v) is 95.5. The number of benzene rings is 4. The van der Waals surface area contributed by atoms with Gasteiger partial charge in [-0.05, 0) is 243 Å². The quantitative estimate of drug-likeness (QED) is 0.0221. The van der Waals surface area contributed by atoms with Crippen molar-refractivity contribution in [2.75, 3.05) is 89.6 Å². The van der Waals surface area contributed by atoms with E-state index in [1.807, 2.05) is 144 Å². The predicted octanol–water partition coefficient (Wildman–Crippen LogP) is 22.8. The highest BCUT2D eigenvalue weighted by Crippen LogP contribution is 2.39. The molecule has 12 rings (SSSR count). The number of halogens is 4. The summed E-state index contributed by atoms with van der Waals surface area (Å²) in [6, 6.07) is 21.9. The van der Waals surface area contributed by atoms with Gasteiger partial charge in [0.2, 0.25) is 29.5 Å². The van der Waals surface area contributed by atoms with Gasteiger partial charge in [-0.25, -0.2) is 19.9 Å². The highest BCUT2D eigenvalue weighted by Gasteiger charge is 2.37. The van der Waals surface area contributed by atoms with E-state index in [2.05, 4.69) is 62.9 Å². The maximum atomic E-state index is 13.7. The van der Waals surface area contributed by atoms with Crippen LogP contribution in [0.2, 0.25) is 20.1 Å². The molecule has 5 N–H and O–H groups in total. The Hall–Kier alpha value is -8.56. The van der Waals surface area contributed by atoms with Crippen LogP contribution in [0.15, 0.2) is 121 Å². The van der Waals surface area contributed by atoms with Crippen molar-refractivity contribution in [3.05, 3.63) is 162 Å². The number of nitrogens with zero attached hydrogens (tertiary/aromatic N) is 8. The van der Waals surface area contributed by atoms with E-state index in [0.717, 1.165) is 170 Å². The van der Waals surface area contributed by atoms with E-state index in [0.29, 0.717) is 182 Å². The number of rotatable bonds is 55. The Morgan fingerprint density at radius 3 is 0.804 bits per heavy atom. The summed E-state index contributed by atoms with van der Waals surface area (Å²) >= 11 is 30.6. The fraction of sp³-hybridized carbons (Fsp3) is 0.583. The third kappa shape index (κ3) is 42.1. The minimum absolute atomic E-state index is 0.0244. The number of Topliss-reactive ketones (excluding diaryl/α,β-unsaturated/α-hetero) is 7. The van der Waals surface area contributed by atoms with Crippen LogP contribution in [0.25, 0.3) is 40.9 Å². The van der Waals surface area contributed by atoms with Gasteiger partial charge in [0.1, 0.15) is 17.3 Å². The molecule has 25 nitrogen and oxygen atoms in total. The number of carbonyl (C=O) groups excluding carboxylic acids is 12. The Morgan fingerprint density at radius 1 is 0.345 bits per heavy atom. The number of amides is 5. The number of aromatic nitrogens is 4. The summed E-state index contributed by atoms with van der Waals surface area (Å²) in [5.74, 6) is -1.03. The number of carbonyl (C=O) groups is 12. The average Bonchev–Trinajstić information content (AvgIpc) is 1.69. The van der Waals surface area contributed by atoms with E-state index in [1.54, 1.807) is 25.2 Å². The molecule has 4 aliphatic carbocycles. The zero-order valence-electron chi connectivity index (χ0n) is 89.2. The first-order valence-corrected chi connectivity index (χ1v) is 57.9. The molecule has 4 heterocycles. The Bertz CT molecular complexity index is 5650. The Labute approximate surface area is 913 Å². The molecule has 4 aromatic carbocycles. The van der Waals surface area contributed by atoms with Crippen LogP contribution >= 0.6 is 91.8 Å². The van der Waals surface area contributed by atoms with Crippen LogP contribution in [0.3, 0.4) is 0 Å². The summed E-state index contributed by atoms with van der Waals surface area (Å²) in [5.41, 5.74) is 5.76. The van der Waals surface area contributed by atoms with E-state index >= 15 is 0 Å². The zero-order chi connectivity index (χ0) is 108. The Kier molecular flexibility index (Phi) is 52.5. The molecular formula is C115H159Cl4N13O12S4. The van der Waals surface area contributed by atoms with Crippen LogP contribution in [0.5, 0.6) is 0 Å². The first-order valence-electron chi connectivity index (χ1n) is 53.2. The molecule has 0 saturated heterocycles. The number of hydrogen-bond acceptors (Lipinski definition) is 24. The Balaban J connectivity index is 0.000000219. The van der Waals surface area contributed by atoms with Gasteiger partial charge in [0.05, 0.1) is 84.6 Å². The van der Waals surface area contributed by atoms with Crippen LogP contribution in [-0.2, 0) is 83.2 Å². The van der Waals surface area contributed by atoms with Crippen molar-refractivity contribution in [1.29, 1.82) is 0 Å². The van der Waals surface area contributed by atoms with Crippen LogP contribution in [0.4, 0.5) is 0 Å². The van der Waals surface area contributed by atoms with E-state index < -0.39 is 23.7 Å². The van der Waals surface area contributed by atoms with E-state index in [1.165, 1.54) is 78.0 Å². The first-order chi connectivity index (χ1) is 70.6. The predicted molar refractivity (Wildman–Crippen MR) is 607 cm³/mol. The van der Waals surface area contributed by atoms with Gasteiger partial charge in [-0.1, -0.05) is 164 Å². The fourth-order valence-electron chi connectivity index (χ4n) is 20.5. The van der Waals surface area contributed by atoms with E-state index in [-0.39, 0.29) is 120 Å². The summed E-state index contributed by atoms with van der Waals surface area (Å²) in [5, 5.41) is 21.6. The second kappa shape index (κ2) is 63.2. The smallest absolute Gasteiger partial charge is 0.224 e.